The van der Waals surface area contributed by atoms with Gasteiger partial charge in [0, 0.05) is 27.5 Å². The van der Waals surface area contributed by atoms with Crippen molar-refractivity contribution in [1.29, 1.82) is 0 Å². The van der Waals surface area contributed by atoms with Gasteiger partial charge in [-0.05, 0) is 0 Å². The van der Waals surface area contributed by atoms with E-state index in [4.69, 9.17) is 9.05 Å². The molecule has 0 aliphatic carbocycles. The maximum absolute atomic E-state index is 12.0. The fourth-order valence-corrected chi connectivity index (χ4v) is 2.63. The summed E-state index contributed by atoms with van der Waals surface area (Å²) in [5.41, 5.74) is 0. The van der Waals surface area contributed by atoms with Gasteiger partial charge in [0.25, 0.3) is 0 Å². The molecule has 0 saturated carbocycles. The zero-order valence-corrected chi connectivity index (χ0v) is 15.5. The Hall–Kier alpha value is -1.28. The van der Waals surface area contributed by atoms with E-state index in [9.17, 15) is 18.7 Å². The summed E-state index contributed by atoms with van der Waals surface area (Å²) in [7, 11) is -5.42. The monoisotopic (exact) mass is 386 g/mol. The number of hydrogen-bond acceptors (Lipinski definition) is 10. The molecule has 0 radical (unpaired) electrons. The number of carbonyl (C=O) groups excluding carboxylic acids is 2. The molecule has 0 amide bonds. The molecule has 4 unspecified atom stereocenters. The molecule has 0 heterocycles. The van der Waals surface area contributed by atoms with E-state index >= 15 is 0 Å². The van der Waals surface area contributed by atoms with Crippen LogP contribution in [0.1, 0.15) is 0 Å². The molecule has 0 aliphatic rings. The van der Waals surface area contributed by atoms with Crippen LogP contribution in [0.25, 0.3) is 0 Å². The average Bonchev–Trinajstić information content (AvgIpc) is 2.51. The van der Waals surface area contributed by atoms with Crippen molar-refractivity contribution >= 4 is 27.1 Å². The Morgan fingerprint density at radius 3 is 1.33 bits per heavy atom. The van der Waals surface area contributed by atoms with Crippen molar-refractivity contribution in [2.45, 2.75) is 12.2 Å². The zero-order chi connectivity index (χ0) is 19.0. The lowest BCUT2D eigenvalue weighted by atomic mass is 10.2. The summed E-state index contributed by atoms with van der Waals surface area (Å²) in [5, 5.41) is 0. The van der Waals surface area contributed by atoms with E-state index < -0.39 is 39.3 Å². The van der Waals surface area contributed by atoms with Crippen LogP contribution >= 0.6 is 15.2 Å². The molecule has 0 aromatic heterocycles. The number of esters is 2. The molecule has 0 aromatic rings. The predicted molar refractivity (Wildman–Crippen MR) is 83.4 cm³/mol. The number of ether oxygens (including phenoxy) is 2. The Morgan fingerprint density at radius 2 is 1.12 bits per heavy atom. The summed E-state index contributed by atoms with van der Waals surface area (Å²) in [4.78, 5) is 24.0. The first-order valence-corrected chi connectivity index (χ1v) is 10.3. The lowest BCUT2D eigenvalue weighted by molar-refractivity contribution is -0.163. The van der Waals surface area contributed by atoms with Crippen LogP contribution in [0.4, 0.5) is 0 Å². The van der Waals surface area contributed by atoms with Crippen molar-refractivity contribution in [3.63, 3.8) is 0 Å². The molecule has 4 atom stereocenters. The molecule has 0 aliphatic heterocycles. The van der Waals surface area contributed by atoms with Gasteiger partial charge in [0.05, 0.1) is 12.5 Å². The lowest BCUT2D eigenvalue weighted by Gasteiger charge is -2.26. The van der Waals surface area contributed by atoms with Gasteiger partial charge in [-0.3, -0.25) is 18.2 Å². The summed E-state index contributed by atoms with van der Waals surface area (Å²) < 4.78 is 52.3. The quantitative estimate of drug-likeness (QED) is 0.296. The van der Waals surface area contributed by atoms with Crippen LogP contribution in [0, 0.1) is 0 Å². The van der Waals surface area contributed by atoms with E-state index in [1.54, 1.807) is 0 Å². The third-order valence-electron chi connectivity index (χ3n) is 2.41. The van der Waals surface area contributed by atoms with Crippen LogP contribution in [-0.2, 0) is 46.3 Å². The van der Waals surface area contributed by atoms with E-state index in [-0.39, 0.29) is 0 Å². The highest BCUT2D eigenvalue weighted by Crippen LogP contribution is 2.48. The highest BCUT2D eigenvalue weighted by atomic mass is 31.2. The summed E-state index contributed by atoms with van der Waals surface area (Å²) in [6.07, 6.45) is -2.36. The summed E-state index contributed by atoms with van der Waals surface area (Å²) in [6, 6.07) is 0. The molecule has 0 N–H and O–H groups in total. The maximum Gasteiger partial charge on any atom is 0.344 e. The third kappa shape index (κ3) is 7.53. The number of carbonyl (C=O) groups is 2. The Balaban J connectivity index is 5.84. The summed E-state index contributed by atoms with van der Waals surface area (Å²) >= 11 is 0. The van der Waals surface area contributed by atoms with Crippen molar-refractivity contribution in [3.05, 3.63) is 25.7 Å². The Kier molecular flexibility index (Phi) is 9.35. The minimum Gasteiger partial charge on any atom is -0.433 e. The van der Waals surface area contributed by atoms with Gasteiger partial charge in [-0.25, -0.2) is 9.59 Å². The van der Waals surface area contributed by atoms with Gasteiger partial charge in [-0.15, -0.1) is 0 Å². The third-order valence-corrected chi connectivity index (χ3v) is 4.96. The second-order valence-electron chi connectivity index (χ2n) is 4.17. The van der Waals surface area contributed by atoms with E-state index in [0.29, 0.717) is 0 Å². The highest BCUT2D eigenvalue weighted by Gasteiger charge is 2.44. The first-order valence-electron chi connectivity index (χ1n) is 6.29. The zero-order valence-electron chi connectivity index (χ0n) is 13.7. The molecule has 0 aromatic carbocycles. The van der Waals surface area contributed by atoms with Crippen molar-refractivity contribution in [3.8, 4) is 0 Å². The minimum atomic E-state index is -3.77. The molecular formula is C12H20O10P2. The van der Waals surface area contributed by atoms with Crippen LogP contribution < -0.4 is 0 Å². The molecule has 0 fully saturated rings. The molecule has 12 heteroatoms. The summed E-state index contributed by atoms with van der Waals surface area (Å²) in [6.45, 7) is 8.44. The fourth-order valence-electron chi connectivity index (χ4n) is 1.24. The highest BCUT2D eigenvalue weighted by molar-refractivity contribution is 7.53. The molecule has 0 saturated heterocycles. The SMILES string of the molecule is C=COC(=O)C(OP(C)(=O)OC)C(OP(C)(=O)OC)C(=O)OC=C. The standard InChI is InChI=1S/C12H20O10P2/c1-7-19-11(13)9(21-23(5,15)17-3)10(12(14)20-8-2)22-24(6,16)18-4/h7-10H,1-2H2,3-6H3. The molecule has 10 nitrogen and oxygen atoms in total. The maximum atomic E-state index is 12.0. The van der Waals surface area contributed by atoms with Crippen molar-refractivity contribution in [1.82, 2.24) is 0 Å². The van der Waals surface area contributed by atoms with E-state index in [1.165, 1.54) is 0 Å². The topological polar surface area (TPSA) is 124 Å². The van der Waals surface area contributed by atoms with Gasteiger partial charge < -0.3 is 18.5 Å². The van der Waals surface area contributed by atoms with Crippen LogP contribution in [0.3, 0.4) is 0 Å². The average molecular weight is 386 g/mol. The second kappa shape index (κ2) is 9.88. The smallest absolute Gasteiger partial charge is 0.344 e. The van der Waals surface area contributed by atoms with Crippen LogP contribution in [0.2, 0.25) is 0 Å². The van der Waals surface area contributed by atoms with Gasteiger partial charge in [-0.2, -0.15) is 0 Å². The second-order valence-corrected chi connectivity index (χ2v) is 8.40. The first kappa shape index (κ1) is 22.7. The van der Waals surface area contributed by atoms with Crippen molar-refractivity contribution < 1.29 is 46.3 Å². The Morgan fingerprint density at radius 1 is 0.833 bits per heavy atom. The molecule has 0 rings (SSSR count). The van der Waals surface area contributed by atoms with Gasteiger partial charge in [0.15, 0.2) is 0 Å². The molecular weight excluding hydrogens is 366 g/mol. The largest absolute Gasteiger partial charge is 0.433 e. The normalized spacial score (nSPS) is 18.3. The van der Waals surface area contributed by atoms with Crippen LogP contribution in [0.5, 0.6) is 0 Å². The molecule has 0 spiro atoms. The molecule has 0 bridgehead atoms. The van der Waals surface area contributed by atoms with Gasteiger partial charge >= 0.3 is 27.1 Å². The van der Waals surface area contributed by atoms with E-state index in [1.807, 2.05) is 0 Å². The van der Waals surface area contributed by atoms with Gasteiger partial charge in [0.2, 0.25) is 12.2 Å². The van der Waals surface area contributed by atoms with E-state index in [2.05, 4.69) is 31.7 Å². The Bertz CT molecular complexity index is 522. The summed E-state index contributed by atoms with van der Waals surface area (Å²) in [5.74, 6) is -2.41. The van der Waals surface area contributed by atoms with Crippen LogP contribution in [-0.4, -0.2) is 51.7 Å². The number of rotatable bonds is 11. The first-order chi connectivity index (χ1) is 11.0. The fraction of sp³-hybridized carbons (Fsp3) is 0.500. The van der Waals surface area contributed by atoms with Crippen molar-refractivity contribution in [2.24, 2.45) is 0 Å². The van der Waals surface area contributed by atoms with Crippen LogP contribution in [0.15, 0.2) is 25.7 Å². The lowest BCUT2D eigenvalue weighted by Crippen LogP contribution is -2.43. The number of hydrogen-bond donors (Lipinski definition) is 0. The van der Waals surface area contributed by atoms with Gasteiger partial charge in [0.1, 0.15) is 0 Å². The van der Waals surface area contributed by atoms with Crippen molar-refractivity contribution in [2.75, 3.05) is 27.5 Å². The van der Waals surface area contributed by atoms with E-state index in [0.717, 1.165) is 40.1 Å². The molecule has 138 valence electrons. The minimum absolute atomic E-state index is 0.754. The Labute approximate surface area is 139 Å². The van der Waals surface area contributed by atoms with Gasteiger partial charge in [-0.1, -0.05) is 13.2 Å². The predicted octanol–water partition coefficient (Wildman–Crippen LogP) is 2.07. The molecule has 24 heavy (non-hydrogen) atoms.